The lowest BCUT2D eigenvalue weighted by atomic mass is 9.71. The van der Waals surface area contributed by atoms with Crippen LogP contribution in [0.3, 0.4) is 0 Å². The first-order valence-electron chi connectivity index (χ1n) is 11.3. The van der Waals surface area contributed by atoms with Crippen LogP contribution in [-0.2, 0) is 4.79 Å². The summed E-state index contributed by atoms with van der Waals surface area (Å²) in [5.41, 5.74) is 3.62. The van der Waals surface area contributed by atoms with Gasteiger partial charge >= 0.3 is 0 Å². The monoisotopic (exact) mass is 472 g/mol. The van der Waals surface area contributed by atoms with Crippen molar-refractivity contribution in [1.29, 1.82) is 0 Å². The number of carbonyl (C=O) groups is 1. The lowest BCUT2D eigenvalue weighted by Crippen LogP contribution is -2.28. The van der Waals surface area contributed by atoms with E-state index >= 15 is 0 Å². The smallest absolute Gasteiger partial charge is 0.186 e. The van der Waals surface area contributed by atoms with E-state index in [4.69, 9.17) is 16.0 Å². The minimum Gasteiger partial charge on any atom is -0.454 e. The van der Waals surface area contributed by atoms with Gasteiger partial charge in [-0.1, -0.05) is 71.3 Å². The number of nitrogens with zero attached hydrogens (tertiary/aromatic N) is 2. The Morgan fingerprint density at radius 3 is 2.00 bits per heavy atom. The van der Waals surface area contributed by atoms with Gasteiger partial charge in [0.25, 0.3) is 0 Å². The topological polar surface area (TPSA) is 54.9 Å². The Kier molecular flexibility index (Phi) is 6.22. The number of carbonyl (C=O) groups excluding carboxylic acids is 1. The summed E-state index contributed by atoms with van der Waals surface area (Å²) in [6.07, 6.45) is 3.86. The van der Waals surface area contributed by atoms with Crippen molar-refractivity contribution in [3.63, 3.8) is 0 Å². The third kappa shape index (κ3) is 4.97. The maximum absolute atomic E-state index is 13.4. The summed E-state index contributed by atoms with van der Waals surface area (Å²) in [7, 11) is 0. The molecule has 4 nitrogen and oxygen atoms in total. The van der Waals surface area contributed by atoms with Crippen molar-refractivity contribution in [2.24, 2.45) is 21.1 Å². The fourth-order valence-corrected chi connectivity index (χ4v) is 3.97. The lowest BCUT2D eigenvalue weighted by Gasteiger charge is -2.31. The van der Waals surface area contributed by atoms with Crippen molar-refractivity contribution in [1.82, 2.24) is 0 Å². The van der Waals surface area contributed by atoms with Gasteiger partial charge in [0.2, 0.25) is 0 Å². The Balaban J connectivity index is 1.98. The molecule has 34 heavy (non-hydrogen) atoms. The Morgan fingerprint density at radius 2 is 1.44 bits per heavy atom. The Hall–Kier alpha value is -3.24. The zero-order valence-corrected chi connectivity index (χ0v) is 21.2. The number of furan rings is 1. The average molecular weight is 473 g/mol. The van der Waals surface area contributed by atoms with Crippen LogP contribution in [0.2, 0.25) is 5.02 Å². The van der Waals surface area contributed by atoms with Crippen LogP contribution < -0.4 is 0 Å². The summed E-state index contributed by atoms with van der Waals surface area (Å²) in [5.74, 6) is 0.666. The molecule has 0 saturated heterocycles. The van der Waals surface area contributed by atoms with Crippen molar-refractivity contribution in [2.45, 2.75) is 41.5 Å². The van der Waals surface area contributed by atoms with Crippen LogP contribution in [0, 0.1) is 10.8 Å². The summed E-state index contributed by atoms with van der Waals surface area (Å²) < 4.78 is 6.18. The predicted octanol–water partition coefficient (Wildman–Crippen LogP) is 9.11. The third-order valence-electron chi connectivity index (χ3n) is 5.73. The van der Waals surface area contributed by atoms with E-state index in [1.165, 1.54) is 0 Å². The van der Waals surface area contributed by atoms with E-state index in [1.807, 2.05) is 54.6 Å². The summed E-state index contributed by atoms with van der Waals surface area (Å²) >= 11 is 6.02. The number of Topliss-reactive ketones (excluding diaryl/α,β-unsaturated/α-hetero) is 1. The standard InChI is InChI=1S/C29H29ClN2O2/c1-28(2,3)22-15-19(16-23(27(22)33)29(4,5)6)26(32-31-21-13-11-20(30)12-14-21)25-17-18-9-7-8-10-24(18)34-25/h7-17H,1-6H3. The number of allylic oxidation sites excluding steroid dienone is 5. The van der Waals surface area contributed by atoms with Crippen LogP contribution in [0.4, 0.5) is 5.69 Å². The lowest BCUT2D eigenvalue weighted by molar-refractivity contribution is -0.114. The van der Waals surface area contributed by atoms with Gasteiger partial charge in [-0.05, 0) is 59.4 Å². The molecular weight excluding hydrogens is 444 g/mol. The van der Waals surface area contributed by atoms with E-state index in [9.17, 15) is 4.79 Å². The van der Waals surface area contributed by atoms with E-state index in [1.54, 1.807) is 12.1 Å². The molecule has 0 amide bonds. The fraction of sp³-hybridized carbons (Fsp3) is 0.276. The van der Waals surface area contributed by atoms with E-state index in [-0.39, 0.29) is 16.6 Å². The molecule has 0 spiro atoms. The second-order valence-electron chi connectivity index (χ2n) is 10.6. The average Bonchev–Trinajstić information content (AvgIpc) is 3.18. The van der Waals surface area contributed by atoms with Crippen LogP contribution in [-0.4, -0.2) is 5.78 Å². The molecular formula is C29H29ClN2O2. The number of rotatable bonds is 3. The van der Waals surface area contributed by atoms with Crippen LogP contribution in [0.25, 0.3) is 16.7 Å². The van der Waals surface area contributed by atoms with E-state index in [0.29, 0.717) is 22.2 Å². The second-order valence-corrected chi connectivity index (χ2v) is 11.0. The first-order valence-corrected chi connectivity index (χ1v) is 11.7. The largest absolute Gasteiger partial charge is 0.454 e. The van der Waals surface area contributed by atoms with E-state index < -0.39 is 0 Å². The summed E-state index contributed by atoms with van der Waals surface area (Å²) in [6.45, 7) is 12.3. The molecule has 5 heteroatoms. The van der Waals surface area contributed by atoms with Gasteiger partial charge in [0, 0.05) is 27.1 Å². The molecule has 4 rings (SSSR count). The number of ketones is 1. The molecule has 1 aromatic heterocycles. The maximum Gasteiger partial charge on any atom is 0.186 e. The number of hydrogen-bond donors (Lipinski definition) is 0. The van der Waals surface area contributed by atoms with Crippen LogP contribution >= 0.6 is 11.6 Å². The number of benzene rings is 2. The molecule has 0 radical (unpaired) electrons. The second kappa shape index (κ2) is 8.84. The number of fused-ring (bicyclic) bond motifs is 1. The minimum atomic E-state index is -0.334. The fourth-order valence-electron chi connectivity index (χ4n) is 3.84. The van der Waals surface area contributed by atoms with Gasteiger partial charge in [0.1, 0.15) is 11.3 Å². The number of para-hydroxylation sites is 1. The highest BCUT2D eigenvalue weighted by atomic mass is 35.5. The molecule has 3 aromatic rings. The van der Waals surface area contributed by atoms with Gasteiger partial charge in [-0.15, -0.1) is 5.11 Å². The molecule has 0 N–H and O–H groups in total. The Bertz CT molecular complexity index is 1300. The summed E-state index contributed by atoms with van der Waals surface area (Å²) in [4.78, 5) is 13.4. The van der Waals surface area contributed by atoms with Crippen molar-refractivity contribution in [3.8, 4) is 0 Å². The molecule has 0 saturated carbocycles. The molecule has 174 valence electrons. The zero-order valence-electron chi connectivity index (χ0n) is 20.4. The maximum atomic E-state index is 13.4. The molecule has 2 aromatic carbocycles. The highest BCUT2D eigenvalue weighted by Gasteiger charge is 2.35. The van der Waals surface area contributed by atoms with Crippen LogP contribution in [0.1, 0.15) is 47.3 Å². The Morgan fingerprint density at radius 1 is 0.853 bits per heavy atom. The number of hydrogen-bond acceptors (Lipinski definition) is 4. The van der Waals surface area contributed by atoms with E-state index in [2.05, 4.69) is 51.8 Å². The van der Waals surface area contributed by atoms with Gasteiger partial charge in [-0.3, -0.25) is 4.79 Å². The third-order valence-corrected chi connectivity index (χ3v) is 5.98. The van der Waals surface area contributed by atoms with E-state index in [0.717, 1.165) is 27.7 Å². The molecule has 0 unspecified atom stereocenters. The molecule has 0 fully saturated rings. The number of azo groups is 1. The predicted molar refractivity (Wildman–Crippen MR) is 139 cm³/mol. The van der Waals surface area contributed by atoms with Crippen molar-refractivity contribution in [2.75, 3.05) is 0 Å². The first kappa shape index (κ1) is 23.9. The minimum absolute atomic E-state index is 0.0716. The van der Waals surface area contributed by atoms with Crippen LogP contribution in [0.15, 0.2) is 98.1 Å². The quantitative estimate of drug-likeness (QED) is 0.357. The van der Waals surface area contributed by atoms with Gasteiger partial charge < -0.3 is 4.42 Å². The Labute approximate surface area is 205 Å². The van der Waals surface area contributed by atoms with Gasteiger partial charge in [0.05, 0.1) is 5.69 Å². The molecule has 0 aliphatic heterocycles. The van der Waals surface area contributed by atoms with Crippen molar-refractivity contribution >= 4 is 39.7 Å². The molecule has 0 bridgehead atoms. The first-order chi connectivity index (χ1) is 15.9. The molecule has 1 aliphatic carbocycles. The molecule has 1 heterocycles. The highest BCUT2D eigenvalue weighted by molar-refractivity contribution is 6.30. The highest BCUT2D eigenvalue weighted by Crippen LogP contribution is 2.41. The van der Waals surface area contributed by atoms with Crippen molar-refractivity contribution < 1.29 is 9.21 Å². The summed E-state index contributed by atoms with van der Waals surface area (Å²) in [5, 5.41) is 10.7. The van der Waals surface area contributed by atoms with Crippen molar-refractivity contribution in [3.05, 3.63) is 94.3 Å². The molecule has 1 aliphatic rings. The normalized spacial score (nSPS) is 15.1. The summed E-state index contributed by atoms with van der Waals surface area (Å²) in [6, 6.07) is 17.0. The van der Waals surface area contributed by atoms with Gasteiger partial charge in [-0.25, -0.2) is 0 Å². The van der Waals surface area contributed by atoms with Gasteiger partial charge in [0.15, 0.2) is 11.5 Å². The molecule has 0 atom stereocenters. The number of halogens is 1. The van der Waals surface area contributed by atoms with Crippen LogP contribution in [0.5, 0.6) is 0 Å². The zero-order chi connectivity index (χ0) is 24.7. The SMILES string of the molecule is CC(C)(C)C1=CC(=C(N=Nc2ccc(Cl)cc2)c2cc3ccccc3o2)C=C(C(C)(C)C)C1=O. The van der Waals surface area contributed by atoms with Gasteiger partial charge in [-0.2, -0.15) is 5.11 Å².